The number of aryl methyl sites for hydroxylation is 1. The Morgan fingerprint density at radius 3 is 2.42 bits per heavy atom. The Labute approximate surface area is 135 Å². The quantitative estimate of drug-likeness (QED) is 0.659. The van der Waals surface area contributed by atoms with Crippen LogP contribution in [0.5, 0.6) is 0 Å². The summed E-state index contributed by atoms with van der Waals surface area (Å²) in [6.45, 7) is 3.04. The van der Waals surface area contributed by atoms with E-state index in [-0.39, 0.29) is 6.42 Å². The third-order valence-electron chi connectivity index (χ3n) is 2.65. The predicted molar refractivity (Wildman–Crippen MR) is 74.4 cm³/mol. The number of hydrogen-bond donors (Lipinski definition) is 1. The van der Waals surface area contributed by atoms with E-state index in [0.29, 0.717) is 12.4 Å². The number of allylic oxidation sites excluding steroid dienone is 1. The lowest BCUT2D eigenvalue weighted by Crippen LogP contribution is -2.33. The second kappa shape index (κ2) is 8.65. The van der Waals surface area contributed by atoms with E-state index in [2.05, 4.69) is 21.5 Å². The highest BCUT2D eigenvalue weighted by molar-refractivity contribution is 5.66. The third-order valence-corrected chi connectivity index (χ3v) is 2.65. The number of carboxylic acids is 1. The van der Waals surface area contributed by atoms with Crippen molar-refractivity contribution in [3.05, 3.63) is 43.2 Å². The maximum Gasteiger partial charge on any atom is 0.448 e. The van der Waals surface area contributed by atoms with E-state index in [1.165, 1.54) is 6.33 Å². The molecule has 2 aromatic rings. The fourth-order valence-electron chi connectivity index (χ4n) is 1.39. The lowest BCUT2D eigenvalue weighted by molar-refractivity contribution is -0.695. The average molecular weight is 346 g/mol. The Balaban J connectivity index is 0.000000307. The van der Waals surface area contributed by atoms with Gasteiger partial charge in [0.15, 0.2) is 31.0 Å². The number of rotatable bonds is 5. The van der Waals surface area contributed by atoms with Crippen LogP contribution in [0.1, 0.15) is 6.42 Å². The van der Waals surface area contributed by atoms with Crippen LogP contribution in [0, 0.1) is 0 Å². The highest BCUT2D eigenvalue weighted by Crippen LogP contribution is 2.23. The smallest absolute Gasteiger partial charge is 0.448 e. The summed E-state index contributed by atoms with van der Waals surface area (Å²) in [5, 5.41) is 12.0. The van der Waals surface area contributed by atoms with Gasteiger partial charge in [-0.1, -0.05) is 11.7 Å². The molecule has 0 aliphatic rings. The summed E-state index contributed by atoms with van der Waals surface area (Å²) in [4.78, 5) is 14.3. The molecule has 0 fully saturated rings. The summed E-state index contributed by atoms with van der Waals surface area (Å²) in [7, 11) is 0.926. The molecule has 0 unspecified atom stereocenters. The number of carbonyl (C=O) groups is 1. The highest BCUT2D eigenvalue weighted by Gasteiger charge is 2.33. The minimum atomic E-state index is -4.41. The maximum atomic E-state index is 11.2. The number of halogens is 3. The molecule has 1 N–H and O–H groups in total. The Kier molecular flexibility index (Phi) is 6.90. The number of aliphatic carboxylic acids is 1. The molecular formula is C14H15F3N3O4+. The van der Waals surface area contributed by atoms with Crippen LogP contribution in [0.4, 0.5) is 13.2 Å². The zero-order valence-electron chi connectivity index (χ0n) is 12.7. The van der Waals surface area contributed by atoms with Crippen molar-refractivity contribution in [3.63, 3.8) is 0 Å². The van der Waals surface area contributed by atoms with E-state index in [1.54, 1.807) is 29.1 Å². The Hall–Kier alpha value is -2.91. The topological polar surface area (TPSA) is 89.3 Å². The van der Waals surface area contributed by atoms with E-state index >= 15 is 0 Å². The van der Waals surface area contributed by atoms with Gasteiger partial charge < -0.3 is 14.4 Å². The molecule has 0 atom stereocenters. The normalized spacial score (nSPS) is 10.5. The first-order valence-corrected chi connectivity index (χ1v) is 6.52. The van der Waals surface area contributed by atoms with Gasteiger partial charge in [-0.3, -0.25) is 4.79 Å². The zero-order valence-corrected chi connectivity index (χ0v) is 12.7. The maximum absolute atomic E-state index is 11.2. The fourth-order valence-corrected chi connectivity index (χ4v) is 1.39. The molecule has 0 aliphatic heterocycles. The van der Waals surface area contributed by atoms with Crippen molar-refractivity contribution < 1.29 is 36.9 Å². The molecule has 2 rings (SSSR count). The molecule has 0 saturated carbocycles. The number of hydrogen-bond acceptors (Lipinski definition) is 5. The van der Waals surface area contributed by atoms with Gasteiger partial charge in [0.25, 0.3) is 5.89 Å². The summed E-state index contributed by atoms with van der Waals surface area (Å²) < 4.78 is 44.1. The van der Waals surface area contributed by atoms with Gasteiger partial charge in [0.2, 0.25) is 0 Å². The van der Waals surface area contributed by atoms with Crippen molar-refractivity contribution in [1.82, 2.24) is 10.1 Å². The second-order valence-electron chi connectivity index (χ2n) is 4.34. The number of pyridine rings is 1. The molecule has 2 aromatic heterocycles. The predicted octanol–water partition coefficient (Wildman–Crippen LogP) is 2.21. The Morgan fingerprint density at radius 1 is 1.42 bits per heavy atom. The standard InChI is InChI=1S/C10H9N3O3.C4H5F3O/c14-9(15)3-6-13-4-1-8(2-5-13)10-11-7-12-16-10;1-3(8-2)4(5,6)7/h1-2,4-5,7H,3,6H2;1H2,2H3/p+1. The molecule has 24 heavy (non-hydrogen) atoms. The lowest BCUT2D eigenvalue weighted by atomic mass is 10.2. The first kappa shape index (κ1) is 19.1. The molecule has 0 aliphatic carbocycles. The van der Waals surface area contributed by atoms with Crippen molar-refractivity contribution >= 4 is 5.97 Å². The van der Waals surface area contributed by atoms with Crippen LogP contribution in [0.25, 0.3) is 11.5 Å². The molecule has 130 valence electrons. The van der Waals surface area contributed by atoms with Crippen molar-refractivity contribution in [2.45, 2.75) is 19.1 Å². The van der Waals surface area contributed by atoms with Crippen LogP contribution in [0.2, 0.25) is 0 Å². The van der Waals surface area contributed by atoms with Crippen molar-refractivity contribution in [2.75, 3.05) is 7.11 Å². The SMILES string of the molecule is C=C(OC)C(F)(F)F.O=C(O)CC[n+]1ccc(-c2ncno2)cc1. The van der Waals surface area contributed by atoms with Gasteiger partial charge in [-0.2, -0.15) is 18.2 Å². The molecule has 10 heteroatoms. The fraction of sp³-hybridized carbons (Fsp3) is 0.286. The molecule has 2 heterocycles. The van der Waals surface area contributed by atoms with Crippen LogP contribution in [0.3, 0.4) is 0 Å². The van der Waals surface area contributed by atoms with E-state index in [1.807, 2.05) is 0 Å². The van der Waals surface area contributed by atoms with Crippen LogP contribution in [-0.4, -0.2) is 34.5 Å². The lowest BCUT2D eigenvalue weighted by Gasteiger charge is -2.06. The van der Waals surface area contributed by atoms with E-state index in [0.717, 1.165) is 12.7 Å². The molecular weight excluding hydrogens is 331 g/mol. The molecule has 7 nitrogen and oxygen atoms in total. The number of alkyl halides is 3. The van der Waals surface area contributed by atoms with Gasteiger partial charge in [0.05, 0.1) is 12.7 Å². The van der Waals surface area contributed by atoms with Gasteiger partial charge >= 0.3 is 12.1 Å². The van der Waals surface area contributed by atoms with Gasteiger partial charge in [-0.15, -0.1) is 0 Å². The molecule has 0 bridgehead atoms. The second-order valence-corrected chi connectivity index (χ2v) is 4.34. The number of methoxy groups -OCH3 is 1. The number of nitrogens with zero attached hydrogens (tertiary/aromatic N) is 3. The van der Waals surface area contributed by atoms with E-state index < -0.39 is 17.9 Å². The average Bonchev–Trinajstić information content (AvgIpc) is 3.06. The molecule has 0 saturated heterocycles. The number of ether oxygens (including phenoxy) is 1. The first-order chi connectivity index (χ1) is 11.2. The summed E-state index contributed by atoms with van der Waals surface area (Å²) in [5.41, 5.74) is 0.809. The largest absolute Gasteiger partial charge is 0.493 e. The zero-order chi connectivity index (χ0) is 18.2. The van der Waals surface area contributed by atoms with Gasteiger partial charge in [-0.05, 0) is 0 Å². The van der Waals surface area contributed by atoms with Crippen LogP contribution in [0.15, 0.2) is 47.7 Å². The third kappa shape index (κ3) is 6.46. The van der Waals surface area contributed by atoms with Crippen LogP contribution in [-0.2, 0) is 16.1 Å². The van der Waals surface area contributed by atoms with Crippen LogP contribution >= 0.6 is 0 Å². The highest BCUT2D eigenvalue weighted by atomic mass is 19.4. The minimum Gasteiger partial charge on any atom is -0.493 e. The Bertz CT molecular complexity index is 655. The summed E-state index contributed by atoms with van der Waals surface area (Å²) >= 11 is 0. The van der Waals surface area contributed by atoms with Crippen molar-refractivity contribution in [2.24, 2.45) is 0 Å². The van der Waals surface area contributed by atoms with E-state index in [4.69, 9.17) is 9.63 Å². The summed E-state index contributed by atoms with van der Waals surface area (Å²) in [5.74, 6) is -1.53. The van der Waals surface area contributed by atoms with Crippen molar-refractivity contribution in [1.29, 1.82) is 0 Å². The molecule has 0 aromatic carbocycles. The van der Waals surface area contributed by atoms with Crippen molar-refractivity contribution in [3.8, 4) is 11.5 Å². The Morgan fingerprint density at radius 2 is 2.04 bits per heavy atom. The summed E-state index contributed by atoms with van der Waals surface area (Å²) in [6, 6.07) is 3.60. The van der Waals surface area contributed by atoms with Gasteiger partial charge in [0.1, 0.15) is 6.42 Å². The molecule has 0 spiro atoms. The minimum absolute atomic E-state index is 0.102. The van der Waals surface area contributed by atoms with Gasteiger partial charge in [-0.25, -0.2) is 4.57 Å². The van der Waals surface area contributed by atoms with Gasteiger partial charge in [0, 0.05) is 12.1 Å². The summed E-state index contributed by atoms with van der Waals surface area (Å²) in [6.07, 6.45) is 0.588. The van der Waals surface area contributed by atoms with Crippen LogP contribution < -0.4 is 4.57 Å². The first-order valence-electron chi connectivity index (χ1n) is 6.52. The van der Waals surface area contributed by atoms with E-state index in [9.17, 15) is 18.0 Å². The number of aromatic nitrogens is 3. The molecule has 0 amide bonds. The molecule has 0 radical (unpaired) electrons. The number of carboxylic acid groups (broad SMARTS) is 1. The monoisotopic (exact) mass is 346 g/mol.